The molecule has 0 radical (unpaired) electrons. The molecule has 0 spiro atoms. The van der Waals surface area contributed by atoms with Gasteiger partial charge >= 0.3 is 6.03 Å². The first kappa shape index (κ1) is 16.0. The number of benzene rings is 1. The molecule has 0 bridgehead atoms. The number of methoxy groups -OCH3 is 1. The maximum Gasteiger partial charge on any atom is 0.321 e. The van der Waals surface area contributed by atoms with Crippen molar-refractivity contribution in [2.75, 3.05) is 25.5 Å². The molecule has 1 fully saturated rings. The van der Waals surface area contributed by atoms with Gasteiger partial charge in [-0.15, -0.1) is 0 Å². The quantitative estimate of drug-likeness (QED) is 0.933. The number of anilines is 1. The van der Waals surface area contributed by atoms with Crippen LogP contribution in [0.2, 0.25) is 0 Å². The number of carbonyl (C=O) groups is 1. The van der Waals surface area contributed by atoms with Crippen LogP contribution < -0.4 is 10.1 Å². The summed E-state index contributed by atoms with van der Waals surface area (Å²) in [5.41, 5.74) is 3.35. The third-order valence-corrected chi connectivity index (χ3v) is 5.30. The largest absolute Gasteiger partial charge is 0.497 e. The summed E-state index contributed by atoms with van der Waals surface area (Å²) in [7, 11) is 1.68. The number of ether oxygens (including phenoxy) is 1. The van der Waals surface area contributed by atoms with Gasteiger partial charge < -0.3 is 15.0 Å². The third kappa shape index (κ3) is 3.34. The lowest BCUT2D eigenvalue weighted by Gasteiger charge is -2.25. The Morgan fingerprint density at radius 1 is 1.24 bits per heavy atom. The van der Waals surface area contributed by atoms with Gasteiger partial charge in [0.25, 0.3) is 0 Å². The predicted molar refractivity (Wildman–Crippen MR) is 96.1 cm³/mol. The second-order valence-corrected chi connectivity index (χ2v) is 6.85. The van der Waals surface area contributed by atoms with Crippen LogP contribution in [0.3, 0.4) is 0 Å². The van der Waals surface area contributed by atoms with Crippen molar-refractivity contribution in [3.8, 4) is 5.75 Å². The maximum absolute atomic E-state index is 12.6. The van der Waals surface area contributed by atoms with Crippen molar-refractivity contribution < 1.29 is 9.53 Å². The smallest absolute Gasteiger partial charge is 0.321 e. The molecule has 2 heterocycles. The van der Waals surface area contributed by atoms with Crippen LogP contribution in [0.4, 0.5) is 10.5 Å². The van der Waals surface area contributed by atoms with E-state index in [1.165, 1.54) is 30.4 Å². The minimum atomic E-state index is -0.0482. The molecule has 1 N–H and O–H groups in total. The molecule has 0 saturated heterocycles. The average molecular weight is 340 g/mol. The van der Waals surface area contributed by atoms with Crippen molar-refractivity contribution in [3.05, 3.63) is 41.7 Å². The van der Waals surface area contributed by atoms with E-state index in [2.05, 4.69) is 22.5 Å². The lowest BCUT2D eigenvalue weighted by molar-refractivity contribution is 0.214. The Morgan fingerprint density at radius 3 is 2.76 bits per heavy atom. The molecule has 2 amide bonds. The summed E-state index contributed by atoms with van der Waals surface area (Å²) in [6.07, 6.45) is 9.04. The van der Waals surface area contributed by atoms with Gasteiger partial charge in [-0.2, -0.15) is 5.10 Å². The summed E-state index contributed by atoms with van der Waals surface area (Å²) in [4.78, 5) is 14.5. The van der Waals surface area contributed by atoms with E-state index in [1.807, 2.05) is 21.8 Å². The zero-order valence-electron chi connectivity index (χ0n) is 14.6. The molecule has 2 aliphatic rings. The van der Waals surface area contributed by atoms with Crippen molar-refractivity contribution in [1.29, 1.82) is 0 Å². The molecule has 1 aromatic heterocycles. The normalized spacial score (nSPS) is 17.4. The van der Waals surface area contributed by atoms with Crippen LogP contribution in [0.25, 0.3) is 0 Å². The highest BCUT2D eigenvalue weighted by molar-refractivity contribution is 5.89. The standard InChI is InChI=1S/C19H24N4O2/c1-25-18-6-5-14-7-9-22(10-8-15(14)11-18)19(24)21-16-12-20-23(13-16)17-3-2-4-17/h5-6,11-13,17H,2-4,7-10H2,1H3,(H,21,24). The monoisotopic (exact) mass is 340 g/mol. The lowest BCUT2D eigenvalue weighted by atomic mass is 9.93. The van der Waals surface area contributed by atoms with Crippen molar-refractivity contribution in [1.82, 2.24) is 14.7 Å². The van der Waals surface area contributed by atoms with Crippen LogP contribution >= 0.6 is 0 Å². The molecule has 1 aliphatic heterocycles. The van der Waals surface area contributed by atoms with E-state index in [0.717, 1.165) is 30.8 Å². The van der Waals surface area contributed by atoms with Crippen molar-refractivity contribution in [3.63, 3.8) is 0 Å². The molecule has 1 aromatic carbocycles. The van der Waals surface area contributed by atoms with Crippen LogP contribution in [-0.2, 0) is 12.8 Å². The summed E-state index contributed by atoms with van der Waals surface area (Å²) in [6, 6.07) is 6.64. The summed E-state index contributed by atoms with van der Waals surface area (Å²) < 4.78 is 7.28. The minimum Gasteiger partial charge on any atom is -0.497 e. The number of hydrogen-bond acceptors (Lipinski definition) is 3. The Hall–Kier alpha value is -2.50. The van der Waals surface area contributed by atoms with Gasteiger partial charge in [-0.3, -0.25) is 4.68 Å². The number of nitrogens with zero attached hydrogens (tertiary/aromatic N) is 3. The Bertz CT molecular complexity index is 767. The first-order chi connectivity index (χ1) is 12.2. The summed E-state index contributed by atoms with van der Waals surface area (Å²) >= 11 is 0. The van der Waals surface area contributed by atoms with Crippen LogP contribution in [0.5, 0.6) is 5.75 Å². The maximum atomic E-state index is 12.6. The zero-order chi connectivity index (χ0) is 17.2. The molecule has 0 atom stereocenters. The fraction of sp³-hybridized carbons (Fsp3) is 0.474. The van der Waals surface area contributed by atoms with Gasteiger partial charge in [-0.1, -0.05) is 6.07 Å². The van der Waals surface area contributed by atoms with E-state index in [1.54, 1.807) is 13.3 Å². The highest BCUT2D eigenvalue weighted by atomic mass is 16.5. The molecule has 132 valence electrons. The van der Waals surface area contributed by atoms with Gasteiger partial charge in [0.2, 0.25) is 0 Å². The molecule has 2 aromatic rings. The van der Waals surface area contributed by atoms with E-state index in [4.69, 9.17) is 4.74 Å². The van der Waals surface area contributed by atoms with Gasteiger partial charge in [-0.05, 0) is 55.4 Å². The van der Waals surface area contributed by atoms with Crippen molar-refractivity contribution >= 4 is 11.7 Å². The van der Waals surface area contributed by atoms with E-state index >= 15 is 0 Å². The van der Waals surface area contributed by atoms with E-state index in [-0.39, 0.29) is 6.03 Å². The van der Waals surface area contributed by atoms with Crippen LogP contribution in [0.15, 0.2) is 30.6 Å². The van der Waals surface area contributed by atoms with Gasteiger partial charge in [0.1, 0.15) is 5.75 Å². The summed E-state index contributed by atoms with van der Waals surface area (Å²) in [6.45, 7) is 1.44. The number of rotatable bonds is 3. The van der Waals surface area contributed by atoms with Gasteiger partial charge in [0.15, 0.2) is 0 Å². The lowest BCUT2D eigenvalue weighted by Crippen LogP contribution is -2.36. The van der Waals surface area contributed by atoms with Gasteiger partial charge in [0.05, 0.1) is 25.0 Å². The predicted octanol–water partition coefficient (Wildman–Crippen LogP) is 3.25. The number of nitrogens with one attached hydrogen (secondary N) is 1. The van der Waals surface area contributed by atoms with Gasteiger partial charge in [-0.25, -0.2) is 4.79 Å². The minimum absolute atomic E-state index is 0.0482. The molecule has 25 heavy (non-hydrogen) atoms. The van der Waals surface area contributed by atoms with E-state index < -0.39 is 0 Å². The zero-order valence-corrected chi connectivity index (χ0v) is 14.6. The highest BCUT2D eigenvalue weighted by Gasteiger charge is 2.22. The molecule has 1 aliphatic carbocycles. The number of hydrogen-bond donors (Lipinski definition) is 1. The molecular weight excluding hydrogens is 316 g/mol. The van der Waals surface area contributed by atoms with Crippen molar-refractivity contribution in [2.45, 2.75) is 38.1 Å². The number of amides is 2. The first-order valence-electron chi connectivity index (χ1n) is 8.99. The molecule has 0 unspecified atom stereocenters. The van der Waals surface area contributed by atoms with Crippen LogP contribution in [0.1, 0.15) is 36.4 Å². The van der Waals surface area contributed by atoms with E-state index in [9.17, 15) is 4.79 Å². The Balaban J connectivity index is 1.38. The highest BCUT2D eigenvalue weighted by Crippen LogP contribution is 2.31. The fourth-order valence-corrected chi connectivity index (χ4v) is 3.49. The number of urea groups is 1. The Morgan fingerprint density at radius 2 is 2.04 bits per heavy atom. The van der Waals surface area contributed by atoms with Gasteiger partial charge in [0, 0.05) is 19.3 Å². The first-order valence-corrected chi connectivity index (χ1v) is 8.99. The molecule has 6 nitrogen and oxygen atoms in total. The Labute approximate surface area is 147 Å². The molecule has 4 rings (SSSR count). The van der Waals surface area contributed by atoms with Crippen LogP contribution in [-0.4, -0.2) is 40.9 Å². The SMILES string of the molecule is COc1ccc2c(c1)CCN(C(=O)Nc1cnn(C3CCC3)c1)CC2. The second-order valence-electron chi connectivity index (χ2n) is 6.85. The molecular formula is C19H24N4O2. The Kier molecular flexibility index (Phi) is 4.34. The van der Waals surface area contributed by atoms with E-state index in [0.29, 0.717) is 12.6 Å². The molecule has 6 heteroatoms. The number of carbonyl (C=O) groups excluding carboxylic acids is 1. The van der Waals surface area contributed by atoms with Crippen LogP contribution in [0, 0.1) is 0 Å². The number of fused-ring (bicyclic) bond motifs is 1. The second kappa shape index (κ2) is 6.78. The topological polar surface area (TPSA) is 59.4 Å². The third-order valence-electron chi connectivity index (χ3n) is 5.30. The van der Waals surface area contributed by atoms with Crippen molar-refractivity contribution in [2.24, 2.45) is 0 Å². The molecule has 1 saturated carbocycles. The fourth-order valence-electron chi connectivity index (χ4n) is 3.49. The summed E-state index contributed by atoms with van der Waals surface area (Å²) in [5, 5.41) is 7.37. The average Bonchev–Trinajstić information content (AvgIpc) is 2.90. The number of aromatic nitrogens is 2. The summed E-state index contributed by atoms with van der Waals surface area (Å²) in [5.74, 6) is 0.875.